The fourth-order valence-corrected chi connectivity index (χ4v) is 4.44. The molecular formula is C20H22ClN3O. The van der Waals surface area contributed by atoms with Gasteiger partial charge in [0, 0.05) is 54.7 Å². The van der Waals surface area contributed by atoms with E-state index in [1.54, 1.807) is 6.20 Å². The van der Waals surface area contributed by atoms with Gasteiger partial charge in [0.2, 0.25) is 5.91 Å². The molecule has 4 rings (SSSR count). The van der Waals surface area contributed by atoms with E-state index in [1.165, 1.54) is 11.3 Å². The first-order valence-corrected chi connectivity index (χ1v) is 9.14. The lowest BCUT2D eigenvalue weighted by molar-refractivity contribution is -0.132. The van der Waals surface area contributed by atoms with Crippen molar-refractivity contribution in [2.24, 2.45) is 0 Å². The van der Waals surface area contributed by atoms with E-state index in [0.29, 0.717) is 6.42 Å². The Morgan fingerprint density at radius 2 is 2.04 bits per heavy atom. The summed E-state index contributed by atoms with van der Waals surface area (Å²) in [6.45, 7) is 2.60. The number of hydrogen-bond acceptors (Lipinski definition) is 3. The van der Waals surface area contributed by atoms with E-state index in [-0.39, 0.29) is 11.3 Å². The van der Waals surface area contributed by atoms with Crippen LogP contribution in [0.2, 0.25) is 5.02 Å². The Morgan fingerprint density at radius 1 is 1.24 bits per heavy atom. The lowest BCUT2D eigenvalue weighted by Crippen LogP contribution is -2.47. The minimum absolute atomic E-state index is 0.122. The molecule has 130 valence electrons. The normalized spacial score (nSPS) is 18.5. The molecule has 0 bridgehead atoms. The van der Waals surface area contributed by atoms with Crippen LogP contribution in [0.5, 0.6) is 0 Å². The van der Waals surface area contributed by atoms with Crippen LogP contribution in [0.1, 0.15) is 24.1 Å². The van der Waals surface area contributed by atoms with Gasteiger partial charge in [-0.2, -0.15) is 0 Å². The minimum Gasteiger partial charge on any atom is -0.373 e. The van der Waals surface area contributed by atoms with Crippen molar-refractivity contribution >= 4 is 23.2 Å². The van der Waals surface area contributed by atoms with Crippen LogP contribution >= 0.6 is 11.6 Å². The topological polar surface area (TPSA) is 36.4 Å². The first-order chi connectivity index (χ1) is 12.1. The van der Waals surface area contributed by atoms with Crippen molar-refractivity contribution in [1.82, 2.24) is 9.88 Å². The highest BCUT2D eigenvalue weighted by atomic mass is 35.5. The highest BCUT2D eigenvalue weighted by molar-refractivity contribution is 6.30. The highest BCUT2D eigenvalue weighted by Gasteiger charge is 2.44. The number of aromatic nitrogens is 1. The lowest BCUT2D eigenvalue weighted by atomic mass is 9.74. The van der Waals surface area contributed by atoms with Crippen molar-refractivity contribution in [3.05, 3.63) is 58.9 Å². The van der Waals surface area contributed by atoms with Crippen molar-refractivity contribution < 1.29 is 4.79 Å². The van der Waals surface area contributed by atoms with Crippen molar-refractivity contribution in [2.75, 3.05) is 31.6 Å². The number of pyridine rings is 1. The second-order valence-corrected chi connectivity index (χ2v) is 7.61. The Labute approximate surface area is 153 Å². The Balaban J connectivity index is 1.47. The summed E-state index contributed by atoms with van der Waals surface area (Å²) in [6, 6.07) is 11.9. The van der Waals surface area contributed by atoms with E-state index in [1.807, 2.05) is 29.2 Å². The van der Waals surface area contributed by atoms with Crippen LogP contribution in [-0.4, -0.2) is 42.5 Å². The molecule has 4 nitrogen and oxygen atoms in total. The Hall–Kier alpha value is -2.07. The summed E-state index contributed by atoms with van der Waals surface area (Å²) >= 11 is 6.25. The molecule has 3 heterocycles. The van der Waals surface area contributed by atoms with E-state index in [0.717, 1.165) is 43.2 Å². The van der Waals surface area contributed by atoms with E-state index >= 15 is 0 Å². The summed E-state index contributed by atoms with van der Waals surface area (Å²) in [4.78, 5) is 21.2. The molecule has 2 aromatic rings. The van der Waals surface area contributed by atoms with Crippen LogP contribution in [-0.2, 0) is 16.6 Å². The van der Waals surface area contributed by atoms with Crippen LogP contribution in [0.3, 0.4) is 0 Å². The number of piperidine rings is 1. The molecule has 1 amide bonds. The SMILES string of the molecule is CN1CC2(CCN(C(=O)Cc3ccccn3)CC2)c2cc(Cl)ccc21. The van der Waals surface area contributed by atoms with E-state index in [2.05, 4.69) is 29.1 Å². The summed E-state index contributed by atoms with van der Waals surface area (Å²) in [5.41, 5.74) is 3.58. The predicted molar refractivity (Wildman–Crippen MR) is 100 cm³/mol. The van der Waals surface area contributed by atoms with Gasteiger partial charge in [-0.05, 0) is 48.7 Å². The van der Waals surface area contributed by atoms with Gasteiger partial charge in [-0.25, -0.2) is 0 Å². The number of benzene rings is 1. The number of likely N-dealkylation sites (tertiary alicyclic amines) is 1. The third kappa shape index (κ3) is 2.99. The van der Waals surface area contributed by atoms with Crippen LogP contribution in [0.4, 0.5) is 5.69 Å². The fourth-order valence-electron chi connectivity index (χ4n) is 4.27. The molecule has 2 aliphatic rings. The highest BCUT2D eigenvalue weighted by Crippen LogP contribution is 2.47. The maximum atomic E-state index is 12.6. The van der Waals surface area contributed by atoms with Gasteiger partial charge in [-0.1, -0.05) is 17.7 Å². The maximum Gasteiger partial charge on any atom is 0.228 e. The summed E-state index contributed by atoms with van der Waals surface area (Å²) in [6.07, 6.45) is 4.09. The monoisotopic (exact) mass is 355 g/mol. The zero-order valence-electron chi connectivity index (χ0n) is 14.4. The number of anilines is 1. The van der Waals surface area contributed by atoms with Gasteiger partial charge in [0.25, 0.3) is 0 Å². The fraction of sp³-hybridized carbons (Fsp3) is 0.400. The van der Waals surface area contributed by atoms with Gasteiger partial charge in [0.1, 0.15) is 0 Å². The largest absolute Gasteiger partial charge is 0.373 e. The Kier molecular flexibility index (Phi) is 4.16. The zero-order valence-corrected chi connectivity index (χ0v) is 15.2. The average Bonchev–Trinajstić information content (AvgIpc) is 2.88. The number of hydrogen-bond donors (Lipinski definition) is 0. The van der Waals surface area contributed by atoms with E-state index in [4.69, 9.17) is 11.6 Å². The van der Waals surface area contributed by atoms with Crippen molar-refractivity contribution in [2.45, 2.75) is 24.7 Å². The quantitative estimate of drug-likeness (QED) is 0.829. The van der Waals surface area contributed by atoms with Crippen molar-refractivity contribution in [1.29, 1.82) is 0 Å². The second-order valence-electron chi connectivity index (χ2n) is 7.18. The molecule has 1 fully saturated rings. The second kappa shape index (κ2) is 6.34. The zero-order chi connectivity index (χ0) is 17.4. The smallest absolute Gasteiger partial charge is 0.228 e. The van der Waals surface area contributed by atoms with Crippen LogP contribution in [0.25, 0.3) is 0 Å². The van der Waals surface area contributed by atoms with Crippen LogP contribution in [0.15, 0.2) is 42.6 Å². The molecule has 5 heteroatoms. The molecule has 1 saturated heterocycles. The van der Waals surface area contributed by atoms with Crippen LogP contribution < -0.4 is 4.90 Å². The van der Waals surface area contributed by atoms with Gasteiger partial charge < -0.3 is 9.80 Å². The molecule has 25 heavy (non-hydrogen) atoms. The average molecular weight is 356 g/mol. The van der Waals surface area contributed by atoms with Crippen molar-refractivity contribution in [3.63, 3.8) is 0 Å². The van der Waals surface area contributed by atoms with Gasteiger partial charge >= 0.3 is 0 Å². The molecular weight excluding hydrogens is 334 g/mol. The molecule has 0 atom stereocenters. The number of rotatable bonds is 2. The summed E-state index contributed by atoms with van der Waals surface area (Å²) in [5, 5.41) is 0.794. The maximum absolute atomic E-state index is 12.6. The number of likely N-dealkylation sites (N-methyl/N-ethyl adjacent to an activating group) is 1. The summed E-state index contributed by atoms with van der Waals surface area (Å²) in [5.74, 6) is 0.172. The Bertz CT molecular complexity index is 785. The number of fused-ring (bicyclic) bond motifs is 2. The molecule has 0 unspecified atom stereocenters. The first-order valence-electron chi connectivity index (χ1n) is 8.76. The number of carbonyl (C=O) groups is 1. The van der Waals surface area contributed by atoms with Crippen LogP contribution in [0, 0.1) is 0 Å². The van der Waals surface area contributed by atoms with Gasteiger partial charge in [0.15, 0.2) is 0 Å². The molecule has 0 radical (unpaired) electrons. The number of halogens is 1. The first kappa shape index (κ1) is 16.4. The van der Waals surface area contributed by atoms with Gasteiger partial charge in [-0.15, -0.1) is 0 Å². The molecule has 0 N–H and O–H groups in total. The number of nitrogens with zero attached hydrogens (tertiary/aromatic N) is 3. The minimum atomic E-state index is 0.122. The third-order valence-corrected chi connectivity index (χ3v) is 5.85. The molecule has 1 spiro atoms. The summed E-state index contributed by atoms with van der Waals surface area (Å²) < 4.78 is 0. The molecule has 1 aromatic heterocycles. The molecule has 2 aliphatic heterocycles. The Morgan fingerprint density at radius 3 is 2.76 bits per heavy atom. The van der Waals surface area contributed by atoms with E-state index in [9.17, 15) is 4.79 Å². The summed E-state index contributed by atoms with van der Waals surface area (Å²) in [7, 11) is 2.14. The lowest BCUT2D eigenvalue weighted by Gasteiger charge is -2.40. The van der Waals surface area contributed by atoms with Gasteiger partial charge in [-0.3, -0.25) is 9.78 Å². The van der Waals surface area contributed by atoms with Crippen molar-refractivity contribution in [3.8, 4) is 0 Å². The predicted octanol–water partition coefficient (Wildman–Crippen LogP) is 3.29. The molecule has 0 saturated carbocycles. The van der Waals surface area contributed by atoms with Gasteiger partial charge in [0.05, 0.1) is 6.42 Å². The molecule has 1 aromatic carbocycles. The standard InChI is InChI=1S/C20H22ClN3O/c1-23-14-20(17-12-15(21)5-6-18(17)23)7-10-24(11-8-20)19(25)13-16-4-2-3-9-22-16/h2-6,9,12H,7-8,10-11,13-14H2,1H3. The number of carbonyl (C=O) groups excluding carboxylic acids is 1. The van der Waals surface area contributed by atoms with E-state index < -0.39 is 0 Å². The molecule has 0 aliphatic carbocycles. The number of amides is 1. The third-order valence-electron chi connectivity index (χ3n) is 5.61.